The molecule has 0 aliphatic heterocycles. The number of methoxy groups -OCH3 is 2. The Bertz CT molecular complexity index is 3170. The molecule has 88 heavy (non-hydrogen) atoms. The van der Waals surface area contributed by atoms with Gasteiger partial charge in [0.05, 0.1) is 47.6 Å². The van der Waals surface area contributed by atoms with Crippen LogP contribution in [0.25, 0.3) is 0 Å². The molecule has 0 radical (unpaired) electrons. The van der Waals surface area contributed by atoms with Crippen molar-refractivity contribution in [3.8, 4) is 11.5 Å². The predicted octanol–water partition coefficient (Wildman–Crippen LogP) is 12.0. The summed E-state index contributed by atoms with van der Waals surface area (Å²) in [5.74, 6) is -3.08. The monoisotopic (exact) mass is 1230 g/mol. The molecule has 5 N–H and O–H groups in total. The number of carboxylic acid groups (broad SMARTS) is 1. The number of ether oxygens (including phenoxy) is 5. The zero-order valence-corrected chi connectivity index (χ0v) is 53.5. The number of carbonyl (C=O) groups excluding carboxylic acids is 4. The highest BCUT2D eigenvalue weighted by Gasteiger charge is 2.43. The van der Waals surface area contributed by atoms with E-state index in [1.165, 1.54) is 37.7 Å². The Labute approximate surface area is 526 Å². The van der Waals surface area contributed by atoms with Gasteiger partial charge in [-0.15, -0.1) is 23.5 Å². The normalized spacial score (nSPS) is 13.8. The summed E-state index contributed by atoms with van der Waals surface area (Å²) in [6, 6.07) is 58.4. The molecular formula is C71H82N4O11S2. The third-order valence-corrected chi connectivity index (χ3v) is 17.8. The van der Waals surface area contributed by atoms with E-state index in [9.17, 15) is 19.5 Å². The summed E-state index contributed by atoms with van der Waals surface area (Å²) in [7, 11) is 3.04. The number of nitrogens with one attached hydrogen (secondary N) is 4. The van der Waals surface area contributed by atoms with Gasteiger partial charge < -0.3 is 50.1 Å². The number of alkyl carbamates (subject to hydrolysis) is 1. The van der Waals surface area contributed by atoms with Gasteiger partial charge in [-0.3, -0.25) is 14.4 Å². The zero-order chi connectivity index (χ0) is 63.7. The molecule has 0 heterocycles. The number of rotatable bonds is 28. The van der Waals surface area contributed by atoms with Crippen molar-refractivity contribution < 1.29 is 52.8 Å². The van der Waals surface area contributed by atoms with Gasteiger partial charge in [0.15, 0.2) is 6.04 Å². The lowest BCUT2D eigenvalue weighted by Crippen LogP contribution is -2.62. The van der Waals surface area contributed by atoms with E-state index in [4.69, 9.17) is 23.7 Å². The Morgan fingerprint density at radius 3 is 1.11 bits per heavy atom. The van der Waals surface area contributed by atoms with Crippen molar-refractivity contribution in [3.63, 3.8) is 0 Å². The number of benzene rings is 7. The molecule has 5 atom stereocenters. The molecule has 0 saturated heterocycles. The predicted molar refractivity (Wildman–Crippen MR) is 349 cm³/mol. The van der Waals surface area contributed by atoms with Crippen LogP contribution in [0.2, 0.25) is 0 Å². The van der Waals surface area contributed by atoms with Gasteiger partial charge in [0.25, 0.3) is 0 Å². The van der Waals surface area contributed by atoms with E-state index in [1.807, 2.05) is 182 Å². The molecule has 0 fully saturated rings. The van der Waals surface area contributed by atoms with Crippen LogP contribution in [0.15, 0.2) is 200 Å². The van der Waals surface area contributed by atoms with Crippen LogP contribution in [0, 0.1) is 0 Å². The van der Waals surface area contributed by atoms with Crippen molar-refractivity contribution in [2.45, 2.75) is 119 Å². The van der Waals surface area contributed by atoms with Crippen LogP contribution >= 0.6 is 23.5 Å². The van der Waals surface area contributed by atoms with Gasteiger partial charge in [-0.2, -0.15) is 0 Å². The molecule has 17 heteroatoms. The van der Waals surface area contributed by atoms with E-state index in [0.29, 0.717) is 17.1 Å². The fourth-order valence-electron chi connectivity index (χ4n) is 10.3. The van der Waals surface area contributed by atoms with Gasteiger partial charge in [-0.25, -0.2) is 9.59 Å². The number of thioether (sulfide) groups is 2. The first-order valence-electron chi connectivity index (χ1n) is 29.2. The Morgan fingerprint density at radius 2 is 0.784 bits per heavy atom. The highest BCUT2D eigenvalue weighted by Crippen LogP contribution is 2.50. The summed E-state index contributed by atoms with van der Waals surface area (Å²) in [5, 5.41) is 21.9. The van der Waals surface area contributed by atoms with Crippen LogP contribution in [-0.2, 0) is 48.5 Å². The number of amides is 4. The minimum atomic E-state index is -1.52. The van der Waals surface area contributed by atoms with Crippen LogP contribution in [0.5, 0.6) is 11.5 Å². The summed E-state index contributed by atoms with van der Waals surface area (Å²) in [5.41, 5.74) is 2.93. The molecule has 7 aromatic rings. The van der Waals surface area contributed by atoms with E-state index >= 15 is 9.59 Å². The summed E-state index contributed by atoms with van der Waals surface area (Å²) >= 11 is 2.81. The summed E-state index contributed by atoms with van der Waals surface area (Å²) in [6.07, 6.45) is -2.00. The SMILES string of the molecule is COc1cc(OC)cc(C(C)(C)OC(=O)N[C@@H](CSC(c2ccccc2)(c2ccccc2)c2ccccc2)C(=O)N[C@@H](CSC(c2ccccc2)(c2ccccc2)c2ccccc2)C(=O)N[C@H](C(=O)N[C@@H](COC(C)(C)C)C(=O)O)[C@@H](C)OC(C)(C)C)c1. The molecule has 0 bridgehead atoms. The Hall–Kier alpha value is -8.09. The lowest BCUT2D eigenvalue weighted by molar-refractivity contribution is -0.148. The summed E-state index contributed by atoms with van der Waals surface area (Å²) in [4.78, 5) is 74.0. The molecule has 0 spiro atoms. The number of hydrogen-bond acceptors (Lipinski definition) is 12. The van der Waals surface area contributed by atoms with Gasteiger partial charge in [0, 0.05) is 23.1 Å². The van der Waals surface area contributed by atoms with Crippen molar-refractivity contribution in [2.75, 3.05) is 32.3 Å². The third-order valence-electron chi connectivity index (χ3n) is 14.5. The average molecular weight is 1230 g/mol. The van der Waals surface area contributed by atoms with Crippen LogP contribution < -0.4 is 30.7 Å². The largest absolute Gasteiger partial charge is 0.497 e. The first kappa shape index (κ1) is 67.4. The Balaban J connectivity index is 1.37. The van der Waals surface area contributed by atoms with Crippen LogP contribution in [0.3, 0.4) is 0 Å². The lowest BCUT2D eigenvalue weighted by atomic mass is 9.84. The van der Waals surface area contributed by atoms with Crippen molar-refractivity contribution in [3.05, 3.63) is 239 Å². The smallest absolute Gasteiger partial charge is 0.408 e. The van der Waals surface area contributed by atoms with Gasteiger partial charge >= 0.3 is 12.1 Å². The van der Waals surface area contributed by atoms with Crippen molar-refractivity contribution in [2.24, 2.45) is 0 Å². The second kappa shape index (κ2) is 30.2. The summed E-state index contributed by atoms with van der Waals surface area (Å²) in [6.45, 7) is 15.3. The van der Waals surface area contributed by atoms with Crippen LogP contribution in [-0.4, -0.2) is 109 Å². The molecule has 0 aliphatic carbocycles. The average Bonchev–Trinajstić information content (AvgIpc) is 1.40. The lowest BCUT2D eigenvalue weighted by Gasteiger charge is -2.38. The first-order valence-corrected chi connectivity index (χ1v) is 31.2. The topological polar surface area (TPSA) is 200 Å². The molecular weight excluding hydrogens is 1150 g/mol. The van der Waals surface area contributed by atoms with E-state index in [0.717, 1.165) is 33.4 Å². The molecule has 0 unspecified atom stereocenters. The first-order chi connectivity index (χ1) is 41.9. The standard InChI is InChI=1S/C71H82N4O11S2/c1-48(85-68(5,6)7)61(64(78)72-58(65(79)80)45-84-67(2,3)4)75-63(77)59(46-87-70(49-30-18-12-19-31-49,50-32-20-13-21-33-50)51-34-22-14-23-35-51)73-62(76)60(74-66(81)86-69(8,9)55-42-56(82-10)44-57(43-55)83-11)47-88-71(52-36-24-15-25-37-52,53-38-26-16-27-39-53)54-40-28-17-29-41-54/h12-44,48,58-61H,45-47H2,1-11H3,(H,72,78)(H,73,76)(H,74,81)(H,75,77)(H,79,80)/t48-,58+,59+,60+,61+/m1/s1. The van der Waals surface area contributed by atoms with Gasteiger partial charge in [0.1, 0.15) is 35.2 Å². The third kappa shape index (κ3) is 17.6. The number of hydrogen-bond donors (Lipinski definition) is 5. The fourth-order valence-corrected chi connectivity index (χ4v) is 13.4. The molecule has 464 valence electrons. The van der Waals surface area contributed by atoms with Crippen molar-refractivity contribution in [1.82, 2.24) is 21.3 Å². The number of aliphatic carboxylic acids is 1. The maximum atomic E-state index is 16.0. The molecule has 7 rings (SSSR count). The minimum Gasteiger partial charge on any atom is -0.497 e. The molecule has 0 saturated carbocycles. The van der Waals surface area contributed by atoms with E-state index in [-0.39, 0.29) is 18.1 Å². The van der Waals surface area contributed by atoms with E-state index < -0.39 is 86.4 Å². The fraction of sp³-hybridized carbons (Fsp3) is 0.338. The zero-order valence-electron chi connectivity index (χ0n) is 51.9. The van der Waals surface area contributed by atoms with Gasteiger partial charge in [0.2, 0.25) is 17.7 Å². The molecule has 0 aromatic heterocycles. The minimum absolute atomic E-state index is 0.0921. The second-order valence-electron chi connectivity index (χ2n) is 23.7. The van der Waals surface area contributed by atoms with Crippen LogP contribution in [0.1, 0.15) is 101 Å². The maximum absolute atomic E-state index is 16.0. The number of carboxylic acids is 1. The van der Waals surface area contributed by atoms with Gasteiger partial charge in [-0.1, -0.05) is 182 Å². The van der Waals surface area contributed by atoms with E-state index in [1.54, 1.807) is 80.5 Å². The Morgan fingerprint density at radius 1 is 0.443 bits per heavy atom. The number of carbonyl (C=O) groups is 5. The molecule has 4 amide bonds. The highest BCUT2D eigenvalue weighted by molar-refractivity contribution is 8.01. The van der Waals surface area contributed by atoms with E-state index in [2.05, 4.69) is 21.3 Å². The molecule has 0 aliphatic rings. The van der Waals surface area contributed by atoms with Crippen molar-refractivity contribution >= 4 is 53.3 Å². The molecule has 7 aromatic carbocycles. The molecule has 15 nitrogen and oxygen atoms in total. The quantitative estimate of drug-likeness (QED) is 0.0291. The second-order valence-corrected chi connectivity index (χ2v) is 26.2. The van der Waals surface area contributed by atoms with Gasteiger partial charge in [-0.05, 0) is 108 Å². The Kier molecular flexibility index (Phi) is 23.1. The maximum Gasteiger partial charge on any atom is 0.408 e. The highest BCUT2D eigenvalue weighted by atomic mass is 32.2. The summed E-state index contributed by atoms with van der Waals surface area (Å²) < 4.78 is 27.6. The van der Waals surface area contributed by atoms with Crippen molar-refractivity contribution in [1.29, 1.82) is 0 Å². The van der Waals surface area contributed by atoms with Crippen LogP contribution in [0.4, 0.5) is 4.79 Å².